The molecule has 3 atom stereocenters. The molecule has 176 valence electrons. The third kappa shape index (κ3) is 5.16. The Morgan fingerprint density at radius 2 is 1.94 bits per heavy atom. The lowest BCUT2D eigenvalue weighted by molar-refractivity contribution is -0.173. The summed E-state index contributed by atoms with van der Waals surface area (Å²) in [4.78, 5) is 37.3. The van der Waals surface area contributed by atoms with E-state index in [0.29, 0.717) is 42.8 Å². The number of rotatable bonds is 7. The van der Waals surface area contributed by atoms with Crippen LogP contribution in [0.25, 0.3) is 0 Å². The van der Waals surface area contributed by atoms with Gasteiger partial charge in [0.25, 0.3) is 0 Å². The number of likely N-dealkylation sites (tertiary alicyclic amines) is 1. The predicted octanol–water partition coefficient (Wildman–Crippen LogP) is 3.76. The molecule has 10 heteroatoms. The molecular weight excluding hydrogens is 429 g/mol. The minimum Gasteiger partial charge on any atom is -0.497 e. The fourth-order valence-corrected chi connectivity index (χ4v) is 4.63. The van der Waals surface area contributed by atoms with E-state index in [0.717, 1.165) is 12.0 Å². The van der Waals surface area contributed by atoms with Gasteiger partial charge in [0.15, 0.2) is 6.04 Å². The van der Waals surface area contributed by atoms with Crippen LogP contribution in [-0.4, -0.2) is 53.3 Å². The Kier molecular flexibility index (Phi) is 7.30. The summed E-state index contributed by atoms with van der Waals surface area (Å²) in [6.45, 7) is 0. The Balaban J connectivity index is 1.67. The van der Waals surface area contributed by atoms with Crippen LogP contribution in [-0.2, 0) is 16.0 Å². The predicted molar refractivity (Wildman–Crippen MR) is 108 cm³/mol. The summed E-state index contributed by atoms with van der Waals surface area (Å²) in [6.07, 6.45) is -1.41. The van der Waals surface area contributed by atoms with Crippen molar-refractivity contribution >= 4 is 17.9 Å². The van der Waals surface area contributed by atoms with Gasteiger partial charge in [0.2, 0.25) is 5.91 Å². The van der Waals surface area contributed by atoms with Crippen molar-refractivity contribution in [3.05, 3.63) is 29.8 Å². The Morgan fingerprint density at radius 3 is 2.53 bits per heavy atom. The number of imide groups is 1. The SMILES string of the molecule is COc1cccc(CCC2C(=O)N(C(=O)NC(C3CCCCC3)C(F)(F)F)C2C(=O)O)c1. The second-order valence-electron chi connectivity index (χ2n) is 8.35. The fourth-order valence-electron chi connectivity index (χ4n) is 4.63. The number of benzene rings is 1. The molecule has 2 fully saturated rings. The number of hydrogen-bond donors (Lipinski definition) is 2. The van der Waals surface area contributed by atoms with Crippen molar-refractivity contribution in [1.82, 2.24) is 10.2 Å². The molecule has 1 aliphatic heterocycles. The number of alkyl halides is 3. The van der Waals surface area contributed by atoms with Gasteiger partial charge < -0.3 is 15.2 Å². The first-order chi connectivity index (χ1) is 15.1. The molecule has 1 saturated heterocycles. The lowest BCUT2D eigenvalue weighted by atomic mass is 9.82. The number of ether oxygens (including phenoxy) is 1. The molecule has 3 rings (SSSR count). The minimum atomic E-state index is -4.68. The van der Waals surface area contributed by atoms with Gasteiger partial charge >= 0.3 is 18.2 Å². The summed E-state index contributed by atoms with van der Waals surface area (Å²) in [5, 5.41) is 11.5. The van der Waals surface area contributed by atoms with Crippen molar-refractivity contribution in [2.75, 3.05) is 7.11 Å². The molecule has 1 aliphatic carbocycles. The minimum absolute atomic E-state index is 0.151. The van der Waals surface area contributed by atoms with Gasteiger partial charge in [-0.3, -0.25) is 4.79 Å². The van der Waals surface area contributed by atoms with Crippen molar-refractivity contribution in [3.8, 4) is 5.75 Å². The van der Waals surface area contributed by atoms with E-state index in [2.05, 4.69) is 0 Å². The fraction of sp³-hybridized carbons (Fsp3) is 0.591. The zero-order chi connectivity index (χ0) is 23.5. The average molecular weight is 456 g/mol. The van der Waals surface area contributed by atoms with E-state index in [9.17, 15) is 32.7 Å². The Hall–Kier alpha value is -2.78. The number of amides is 3. The first-order valence-electron chi connectivity index (χ1n) is 10.7. The zero-order valence-corrected chi connectivity index (χ0v) is 17.7. The zero-order valence-electron chi connectivity index (χ0n) is 17.7. The molecule has 1 aromatic carbocycles. The van der Waals surface area contributed by atoms with Gasteiger partial charge in [0.05, 0.1) is 13.0 Å². The molecule has 3 unspecified atom stereocenters. The third-order valence-corrected chi connectivity index (χ3v) is 6.32. The van der Waals surface area contributed by atoms with Crippen LogP contribution in [0.1, 0.15) is 44.1 Å². The second-order valence-corrected chi connectivity index (χ2v) is 8.35. The van der Waals surface area contributed by atoms with Crippen molar-refractivity contribution < 1.29 is 37.4 Å². The van der Waals surface area contributed by atoms with Crippen LogP contribution in [0.3, 0.4) is 0 Å². The van der Waals surface area contributed by atoms with Crippen LogP contribution >= 0.6 is 0 Å². The molecule has 1 heterocycles. The van der Waals surface area contributed by atoms with Crippen molar-refractivity contribution in [2.24, 2.45) is 11.8 Å². The molecule has 3 amide bonds. The van der Waals surface area contributed by atoms with E-state index in [1.807, 2.05) is 5.32 Å². The van der Waals surface area contributed by atoms with Crippen molar-refractivity contribution in [3.63, 3.8) is 0 Å². The number of β-lactam (4-membered cyclic amide) rings is 1. The van der Waals surface area contributed by atoms with Crippen molar-refractivity contribution in [2.45, 2.75) is 63.2 Å². The van der Waals surface area contributed by atoms with E-state index in [-0.39, 0.29) is 6.42 Å². The summed E-state index contributed by atoms with van der Waals surface area (Å²) in [6, 6.07) is 2.15. The highest BCUT2D eigenvalue weighted by Crippen LogP contribution is 2.36. The molecule has 0 spiro atoms. The number of hydrogen-bond acceptors (Lipinski definition) is 4. The molecule has 0 bridgehead atoms. The number of aryl methyl sites for hydroxylation is 1. The van der Waals surface area contributed by atoms with Gasteiger partial charge in [0.1, 0.15) is 11.8 Å². The standard InChI is InChI=1S/C22H27F3N2O5/c1-32-15-9-5-6-13(12-15)10-11-16-17(20(29)30)27(19(16)28)21(31)26-18(22(23,24)25)14-7-3-2-4-8-14/h5-6,9,12,14,16-18H,2-4,7-8,10-11H2,1H3,(H,26,31)(H,29,30). The number of carbonyl (C=O) groups excluding carboxylic acids is 2. The van der Waals surface area contributed by atoms with E-state index in [4.69, 9.17) is 4.74 Å². The molecule has 0 aromatic heterocycles. The number of carboxylic acid groups (broad SMARTS) is 1. The number of carboxylic acids is 1. The van der Waals surface area contributed by atoms with Crippen LogP contribution in [0.2, 0.25) is 0 Å². The maximum atomic E-state index is 13.6. The molecular formula is C22H27F3N2O5. The van der Waals surface area contributed by atoms with Gasteiger partial charge in [-0.05, 0) is 49.3 Å². The lowest BCUT2D eigenvalue weighted by Gasteiger charge is -2.44. The number of urea groups is 1. The van der Waals surface area contributed by atoms with E-state index in [1.165, 1.54) is 7.11 Å². The maximum Gasteiger partial charge on any atom is 0.408 e. The first kappa shape index (κ1) is 23.9. The van der Waals surface area contributed by atoms with Crippen LogP contribution in [0.4, 0.5) is 18.0 Å². The van der Waals surface area contributed by atoms with Gasteiger partial charge in [-0.15, -0.1) is 0 Å². The van der Waals surface area contributed by atoms with Crippen LogP contribution in [0.15, 0.2) is 24.3 Å². The highest BCUT2D eigenvalue weighted by Gasteiger charge is 2.56. The number of carbonyl (C=O) groups is 3. The molecule has 2 aliphatic rings. The quantitative estimate of drug-likeness (QED) is 0.609. The van der Waals surface area contributed by atoms with Gasteiger partial charge in [-0.2, -0.15) is 13.2 Å². The average Bonchev–Trinajstić information content (AvgIpc) is 2.75. The third-order valence-electron chi connectivity index (χ3n) is 6.32. The van der Waals surface area contributed by atoms with Gasteiger partial charge in [-0.25, -0.2) is 14.5 Å². The molecule has 7 nitrogen and oxygen atoms in total. The second kappa shape index (κ2) is 9.79. The van der Waals surface area contributed by atoms with Crippen LogP contribution in [0.5, 0.6) is 5.75 Å². The summed E-state index contributed by atoms with van der Waals surface area (Å²) < 4.78 is 45.9. The molecule has 1 saturated carbocycles. The highest BCUT2D eigenvalue weighted by molar-refractivity contribution is 6.07. The largest absolute Gasteiger partial charge is 0.497 e. The monoisotopic (exact) mass is 456 g/mol. The Morgan fingerprint density at radius 1 is 1.25 bits per heavy atom. The van der Waals surface area contributed by atoms with Gasteiger partial charge in [0, 0.05) is 0 Å². The summed E-state index contributed by atoms with van der Waals surface area (Å²) >= 11 is 0. The summed E-state index contributed by atoms with van der Waals surface area (Å²) in [5.41, 5.74) is 0.818. The maximum absolute atomic E-state index is 13.6. The lowest BCUT2D eigenvalue weighted by Crippen LogP contribution is -2.69. The van der Waals surface area contributed by atoms with E-state index in [1.54, 1.807) is 24.3 Å². The number of halogens is 3. The molecule has 0 radical (unpaired) electrons. The molecule has 32 heavy (non-hydrogen) atoms. The Bertz CT molecular complexity index is 854. The van der Waals surface area contributed by atoms with Crippen LogP contribution < -0.4 is 10.1 Å². The molecule has 2 N–H and O–H groups in total. The summed E-state index contributed by atoms with van der Waals surface area (Å²) in [5.74, 6) is -3.35. The van der Waals surface area contributed by atoms with E-state index < -0.39 is 48.0 Å². The number of nitrogens with one attached hydrogen (secondary N) is 1. The number of aliphatic carboxylic acids is 1. The molecule has 1 aromatic rings. The smallest absolute Gasteiger partial charge is 0.408 e. The number of methoxy groups -OCH3 is 1. The Labute approximate surface area is 183 Å². The van der Waals surface area contributed by atoms with Crippen molar-refractivity contribution in [1.29, 1.82) is 0 Å². The first-order valence-corrected chi connectivity index (χ1v) is 10.7. The topological polar surface area (TPSA) is 95.9 Å². The van der Waals surface area contributed by atoms with Gasteiger partial charge in [-0.1, -0.05) is 31.4 Å². The van der Waals surface area contributed by atoms with Crippen LogP contribution in [0, 0.1) is 11.8 Å². The van der Waals surface area contributed by atoms with E-state index >= 15 is 0 Å². The summed E-state index contributed by atoms with van der Waals surface area (Å²) in [7, 11) is 1.51. The number of nitrogens with zero attached hydrogens (tertiary/aromatic N) is 1. The normalized spacial score (nSPS) is 22.8. The highest BCUT2D eigenvalue weighted by atomic mass is 19.4.